The predicted molar refractivity (Wildman–Crippen MR) is 92.7 cm³/mol. The molecule has 3 amide bonds. The molecule has 1 heterocycles. The number of imide groups is 1. The Labute approximate surface area is 151 Å². The Bertz CT molecular complexity index is 758. The molecule has 7 nitrogen and oxygen atoms in total. The lowest BCUT2D eigenvalue weighted by molar-refractivity contribution is -0.142. The molecule has 1 spiro atoms. The minimum absolute atomic E-state index is 0.0350. The van der Waals surface area contributed by atoms with Gasteiger partial charge in [0.15, 0.2) is 5.78 Å². The maximum absolute atomic E-state index is 12.8. The van der Waals surface area contributed by atoms with Gasteiger partial charge in [-0.1, -0.05) is 19.8 Å². The van der Waals surface area contributed by atoms with Crippen molar-refractivity contribution < 1.29 is 23.9 Å². The van der Waals surface area contributed by atoms with E-state index in [4.69, 9.17) is 4.74 Å². The Morgan fingerprint density at radius 3 is 2.54 bits per heavy atom. The number of nitrogens with one attached hydrogen (secondary N) is 1. The molecule has 1 aromatic rings. The summed E-state index contributed by atoms with van der Waals surface area (Å²) >= 11 is 0. The van der Waals surface area contributed by atoms with Gasteiger partial charge in [-0.05, 0) is 49.9 Å². The van der Waals surface area contributed by atoms with Crippen LogP contribution in [0.5, 0.6) is 5.75 Å². The van der Waals surface area contributed by atoms with Crippen molar-refractivity contribution in [3.8, 4) is 5.75 Å². The Kier molecular flexibility index (Phi) is 4.80. The molecule has 0 unspecified atom stereocenters. The van der Waals surface area contributed by atoms with Gasteiger partial charge >= 0.3 is 12.0 Å². The molecule has 1 saturated heterocycles. The van der Waals surface area contributed by atoms with Gasteiger partial charge in [0.05, 0.1) is 0 Å². The molecule has 2 atom stereocenters. The number of urea groups is 1. The van der Waals surface area contributed by atoms with E-state index in [1.165, 1.54) is 19.1 Å². The van der Waals surface area contributed by atoms with Crippen LogP contribution in [0.3, 0.4) is 0 Å². The number of carbonyl (C=O) groups excluding carboxylic acids is 4. The highest BCUT2D eigenvalue weighted by Crippen LogP contribution is 2.38. The lowest BCUT2D eigenvalue weighted by Gasteiger charge is -2.36. The van der Waals surface area contributed by atoms with Gasteiger partial charge in [-0.2, -0.15) is 0 Å². The van der Waals surface area contributed by atoms with Crippen LogP contribution in [0.2, 0.25) is 0 Å². The van der Waals surface area contributed by atoms with Crippen LogP contribution < -0.4 is 10.1 Å². The zero-order valence-electron chi connectivity index (χ0n) is 14.9. The molecular formula is C19H22N2O5. The van der Waals surface area contributed by atoms with E-state index in [9.17, 15) is 19.2 Å². The van der Waals surface area contributed by atoms with Crippen molar-refractivity contribution in [3.05, 3.63) is 29.8 Å². The second-order valence-electron chi connectivity index (χ2n) is 6.99. The maximum Gasteiger partial charge on any atom is 0.331 e. The summed E-state index contributed by atoms with van der Waals surface area (Å²) in [6.07, 6.45) is 3.37. The van der Waals surface area contributed by atoms with Crippen LogP contribution in [0.4, 0.5) is 4.79 Å². The SMILES string of the molecule is CC(=O)c1ccc(OC(=O)CN2C(=O)N[C@]3(CCCC[C@H]3C)C2=O)cc1. The summed E-state index contributed by atoms with van der Waals surface area (Å²) in [6.45, 7) is 2.96. The highest BCUT2D eigenvalue weighted by Gasteiger charge is 2.55. The number of Topliss-reactive ketones (excluding diaryl/α,β-unsaturated/α-hetero) is 1. The molecule has 2 fully saturated rings. The number of benzene rings is 1. The lowest BCUT2D eigenvalue weighted by atomic mass is 9.73. The Balaban J connectivity index is 1.66. The standard InChI is InChI=1S/C19H22N2O5/c1-12-5-3-4-10-19(12)17(24)21(18(25)20-19)11-16(23)26-15-8-6-14(7-9-15)13(2)22/h6-9,12H,3-5,10-11H2,1-2H3,(H,20,25)/t12-,19+/m1/s1. The lowest BCUT2D eigenvalue weighted by Crippen LogP contribution is -2.54. The Morgan fingerprint density at radius 1 is 1.23 bits per heavy atom. The fourth-order valence-corrected chi connectivity index (χ4v) is 3.69. The van der Waals surface area contributed by atoms with Crippen LogP contribution in [-0.2, 0) is 9.59 Å². The molecule has 1 N–H and O–H groups in total. The maximum atomic E-state index is 12.8. The van der Waals surface area contributed by atoms with Gasteiger partial charge in [-0.15, -0.1) is 0 Å². The zero-order valence-corrected chi connectivity index (χ0v) is 14.9. The van der Waals surface area contributed by atoms with E-state index in [-0.39, 0.29) is 23.4 Å². The monoisotopic (exact) mass is 358 g/mol. The smallest absolute Gasteiger partial charge is 0.331 e. The number of esters is 1. The second kappa shape index (κ2) is 6.90. The van der Waals surface area contributed by atoms with Crippen molar-refractivity contribution >= 4 is 23.7 Å². The van der Waals surface area contributed by atoms with Crippen LogP contribution >= 0.6 is 0 Å². The third kappa shape index (κ3) is 3.21. The van der Waals surface area contributed by atoms with E-state index in [2.05, 4.69) is 5.32 Å². The summed E-state index contributed by atoms with van der Waals surface area (Å²) in [5.74, 6) is -0.849. The average Bonchev–Trinajstić information content (AvgIpc) is 2.83. The third-order valence-corrected chi connectivity index (χ3v) is 5.28. The zero-order chi connectivity index (χ0) is 18.9. The minimum atomic E-state index is -0.890. The summed E-state index contributed by atoms with van der Waals surface area (Å²) in [6, 6.07) is 5.57. The van der Waals surface area contributed by atoms with Gasteiger partial charge in [0.2, 0.25) is 0 Å². The minimum Gasteiger partial charge on any atom is -0.425 e. The van der Waals surface area contributed by atoms with Crippen LogP contribution in [0, 0.1) is 5.92 Å². The van der Waals surface area contributed by atoms with Gasteiger partial charge in [0.25, 0.3) is 5.91 Å². The van der Waals surface area contributed by atoms with E-state index in [0.717, 1.165) is 24.2 Å². The Morgan fingerprint density at radius 2 is 1.92 bits per heavy atom. The van der Waals surface area contributed by atoms with Crippen LogP contribution in [0.15, 0.2) is 24.3 Å². The highest BCUT2D eigenvalue weighted by atomic mass is 16.5. The third-order valence-electron chi connectivity index (χ3n) is 5.28. The molecule has 0 radical (unpaired) electrons. The molecule has 0 aromatic heterocycles. The van der Waals surface area contributed by atoms with Crippen LogP contribution in [0.25, 0.3) is 0 Å². The molecule has 3 rings (SSSR count). The van der Waals surface area contributed by atoms with Crippen molar-refractivity contribution in [2.75, 3.05) is 6.54 Å². The number of hydrogen-bond acceptors (Lipinski definition) is 5. The van der Waals surface area contributed by atoms with Crippen molar-refractivity contribution in [1.29, 1.82) is 0 Å². The number of ether oxygens (including phenoxy) is 1. The first-order valence-electron chi connectivity index (χ1n) is 8.79. The number of rotatable bonds is 4. The van der Waals surface area contributed by atoms with E-state index in [1.807, 2.05) is 6.92 Å². The van der Waals surface area contributed by atoms with Crippen molar-refractivity contribution in [1.82, 2.24) is 10.2 Å². The first-order valence-corrected chi connectivity index (χ1v) is 8.79. The van der Waals surface area contributed by atoms with Crippen molar-refractivity contribution in [2.24, 2.45) is 5.92 Å². The normalized spacial score (nSPS) is 25.3. The summed E-state index contributed by atoms with van der Waals surface area (Å²) in [7, 11) is 0. The molecule has 7 heteroatoms. The highest BCUT2D eigenvalue weighted by molar-refractivity contribution is 6.09. The number of nitrogens with zero attached hydrogens (tertiary/aromatic N) is 1. The van der Waals surface area contributed by atoms with E-state index in [1.54, 1.807) is 12.1 Å². The number of ketones is 1. The van der Waals surface area contributed by atoms with E-state index < -0.39 is 24.1 Å². The van der Waals surface area contributed by atoms with Crippen LogP contribution in [0.1, 0.15) is 49.9 Å². The summed E-state index contributed by atoms with van der Waals surface area (Å²) < 4.78 is 5.19. The summed E-state index contributed by atoms with van der Waals surface area (Å²) in [4.78, 5) is 49.4. The number of hydrogen-bond donors (Lipinski definition) is 1. The average molecular weight is 358 g/mol. The van der Waals surface area contributed by atoms with Gasteiger partial charge in [-0.25, -0.2) is 9.59 Å². The second-order valence-corrected chi connectivity index (χ2v) is 6.99. The van der Waals surface area contributed by atoms with E-state index >= 15 is 0 Å². The van der Waals surface area contributed by atoms with E-state index in [0.29, 0.717) is 12.0 Å². The van der Waals surface area contributed by atoms with Crippen molar-refractivity contribution in [2.45, 2.75) is 45.1 Å². The van der Waals surface area contributed by atoms with Gasteiger partial charge in [-0.3, -0.25) is 14.5 Å². The van der Waals surface area contributed by atoms with Gasteiger partial charge < -0.3 is 10.1 Å². The molecule has 1 saturated carbocycles. The molecule has 1 aromatic carbocycles. The quantitative estimate of drug-likeness (QED) is 0.386. The van der Waals surface area contributed by atoms with Gasteiger partial charge in [0.1, 0.15) is 17.8 Å². The summed E-state index contributed by atoms with van der Waals surface area (Å²) in [5.41, 5.74) is -0.384. The Hall–Kier alpha value is -2.70. The molecule has 0 bridgehead atoms. The number of amides is 3. The largest absolute Gasteiger partial charge is 0.425 e. The van der Waals surface area contributed by atoms with Gasteiger partial charge in [0, 0.05) is 5.56 Å². The van der Waals surface area contributed by atoms with Crippen LogP contribution in [-0.4, -0.2) is 40.7 Å². The topological polar surface area (TPSA) is 92.8 Å². The summed E-state index contributed by atoms with van der Waals surface area (Å²) in [5, 5.41) is 2.80. The fourth-order valence-electron chi connectivity index (χ4n) is 3.69. The molecule has 138 valence electrons. The molecule has 1 aliphatic carbocycles. The van der Waals surface area contributed by atoms with Crippen molar-refractivity contribution in [3.63, 3.8) is 0 Å². The first-order chi connectivity index (χ1) is 12.3. The molecule has 2 aliphatic rings. The molecule has 1 aliphatic heterocycles. The first kappa shape index (κ1) is 18.1. The predicted octanol–water partition coefficient (Wildman–Crippen LogP) is 2.30. The molecular weight excluding hydrogens is 336 g/mol. The molecule has 26 heavy (non-hydrogen) atoms. The number of carbonyl (C=O) groups is 4. The fraction of sp³-hybridized carbons (Fsp3) is 0.474.